The van der Waals surface area contributed by atoms with Crippen molar-refractivity contribution >= 4 is 0 Å². The highest BCUT2D eigenvalue weighted by atomic mass is 16.8. The van der Waals surface area contributed by atoms with Crippen molar-refractivity contribution in [1.29, 1.82) is 0 Å². The summed E-state index contributed by atoms with van der Waals surface area (Å²) in [5.41, 5.74) is 0. The summed E-state index contributed by atoms with van der Waals surface area (Å²) in [4.78, 5) is 0. The SMILES string of the molecule is OC[C@H]1O[C@H](O[C@H]2[C@@H](O[C@H]3[C@@H](O)[C@@H](O)O[C@@H]3CO)O[C@H](CO)[C@H]2O)[C@H](O)[C@@H]1O. The van der Waals surface area contributed by atoms with Gasteiger partial charge in [-0.05, 0) is 0 Å². The zero-order valence-electron chi connectivity index (χ0n) is 14.7. The molecule has 0 saturated carbocycles. The quantitative estimate of drug-likeness (QED) is 0.196. The molecule has 13 nitrogen and oxygen atoms in total. The van der Waals surface area contributed by atoms with Crippen molar-refractivity contribution in [2.75, 3.05) is 19.8 Å². The summed E-state index contributed by atoms with van der Waals surface area (Å²) >= 11 is 0. The van der Waals surface area contributed by atoms with Gasteiger partial charge in [0.1, 0.15) is 54.9 Å². The topological polar surface area (TPSA) is 208 Å². The third-order valence-corrected chi connectivity index (χ3v) is 5.05. The van der Waals surface area contributed by atoms with Crippen LogP contribution in [-0.4, -0.2) is 134 Å². The summed E-state index contributed by atoms with van der Waals surface area (Å²) in [5.74, 6) is 0. The highest BCUT2D eigenvalue weighted by Crippen LogP contribution is 2.33. The summed E-state index contributed by atoms with van der Waals surface area (Å²) in [6.45, 7) is -1.77. The lowest BCUT2D eigenvalue weighted by Gasteiger charge is -2.29. The van der Waals surface area contributed by atoms with Crippen LogP contribution in [0.1, 0.15) is 0 Å². The van der Waals surface area contributed by atoms with Crippen molar-refractivity contribution in [3.8, 4) is 0 Å². The Labute approximate surface area is 159 Å². The predicted octanol–water partition coefficient (Wildman–Crippen LogP) is -5.66. The van der Waals surface area contributed by atoms with E-state index in [1.165, 1.54) is 0 Å². The third kappa shape index (κ3) is 4.04. The summed E-state index contributed by atoms with van der Waals surface area (Å²) in [6, 6.07) is 0. The number of aliphatic hydroxyl groups is 8. The molecule has 3 saturated heterocycles. The van der Waals surface area contributed by atoms with Crippen LogP contribution in [0.15, 0.2) is 0 Å². The number of ether oxygens (including phenoxy) is 5. The maximum atomic E-state index is 10.3. The van der Waals surface area contributed by atoms with Crippen molar-refractivity contribution in [2.45, 2.75) is 73.8 Å². The molecule has 164 valence electrons. The normalized spacial score (nSPS) is 51.9. The summed E-state index contributed by atoms with van der Waals surface area (Å²) in [6.07, 6.45) is -16.3. The van der Waals surface area contributed by atoms with Crippen molar-refractivity contribution in [1.82, 2.24) is 0 Å². The first-order valence-electron chi connectivity index (χ1n) is 8.82. The molecule has 0 amide bonds. The second-order valence-electron chi connectivity index (χ2n) is 6.86. The smallest absolute Gasteiger partial charge is 0.187 e. The fraction of sp³-hybridized carbons (Fsp3) is 1.00. The number of hydrogen-bond donors (Lipinski definition) is 8. The van der Waals surface area contributed by atoms with E-state index in [9.17, 15) is 35.7 Å². The number of hydrogen-bond acceptors (Lipinski definition) is 13. The maximum absolute atomic E-state index is 10.3. The standard InChI is InChI=1S/C15H26O13/c16-1-4-7(19)9(21)14(25-4)28-12-8(20)5(2-17)26-15(12)27-11-6(3-18)24-13(23)10(11)22/h4-23H,1-3H2/t4-,5-,6-,7-,8-,9-,10-,11-,12-,13+,14-,15-/m1/s1. The molecule has 0 unspecified atom stereocenters. The van der Waals surface area contributed by atoms with Crippen LogP contribution in [0.25, 0.3) is 0 Å². The Balaban J connectivity index is 1.72. The van der Waals surface area contributed by atoms with E-state index in [4.69, 9.17) is 28.8 Å². The molecule has 3 heterocycles. The van der Waals surface area contributed by atoms with Crippen LogP contribution in [0, 0.1) is 0 Å². The predicted molar refractivity (Wildman–Crippen MR) is 83.2 cm³/mol. The van der Waals surface area contributed by atoms with Crippen LogP contribution >= 0.6 is 0 Å². The first kappa shape index (κ1) is 22.2. The molecule has 12 atom stereocenters. The third-order valence-electron chi connectivity index (χ3n) is 5.05. The Morgan fingerprint density at radius 1 is 0.536 bits per heavy atom. The zero-order valence-corrected chi connectivity index (χ0v) is 14.7. The Morgan fingerprint density at radius 3 is 1.64 bits per heavy atom. The van der Waals surface area contributed by atoms with E-state index in [1.807, 2.05) is 0 Å². The molecule has 3 rings (SSSR count). The van der Waals surface area contributed by atoms with Crippen LogP contribution in [0.2, 0.25) is 0 Å². The van der Waals surface area contributed by atoms with Gasteiger partial charge in [0.15, 0.2) is 18.9 Å². The second-order valence-corrected chi connectivity index (χ2v) is 6.86. The zero-order chi connectivity index (χ0) is 20.6. The van der Waals surface area contributed by atoms with Gasteiger partial charge in [0, 0.05) is 0 Å². The summed E-state index contributed by atoms with van der Waals surface area (Å²) in [5, 5.41) is 77.5. The molecule has 8 N–H and O–H groups in total. The van der Waals surface area contributed by atoms with Crippen molar-refractivity contribution in [3.63, 3.8) is 0 Å². The van der Waals surface area contributed by atoms with E-state index >= 15 is 0 Å². The van der Waals surface area contributed by atoms with Gasteiger partial charge >= 0.3 is 0 Å². The van der Waals surface area contributed by atoms with Gasteiger partial charge in [0.2, 0.25) is 0 Å². The van der Waals surface area contributed by atoms with E-state index in [-0.39, 0.29) is 0 Å². The lowest BCUT2D eigenvalue weighted by Crippen LogP contribution is -2.47. The number of aliphatic hydroxyl groups excluding tert-OH is 8. The van der Waals surface area contributed by atoms with Gasteiger partial charge < -0.3 is 64.5 Å². The first-order chi connectivity index (χ1) is 13.3. The molecule has 3 aliphatic heterocycles. The molecule has 3 fully saturated rings. The van der Waals surface area contributed by atoms with Crippen molar-refractivity contribution in [3.05, 3.63) is 0 Å². The van der Waals surface area contributed by atoms with Crippen LogP contribution in [0.3, 0.4) is 0 Å². The molecule has 0 aromatic carbocycles. The van der Waals surface area contributed by atoms with Gasteiger partial charge in [0.05, 0.1) is 19.8 Å². The van der Waals surface area contributed by atoms with Crippen molar-refractivity contribution < 1.29 is 64.5 Å². The summed E-state index contributed by atoms with van der Waals surface area (Å²) < 4.78 is 26.5. The maximum Gasteiger partial charge on any atom is 0.187 e. The minimum Gasteiger partial charge on any atom is -0.394 e. The van der Waals surface area contributed by atoms with Crippen LogP contribution in [0.5, 0.6) is 0 Å². The first-order valence-corrected chi connectivity index (χ1v) is 8.82. The van der Waals surface area contributed by atoms with E-state index in [0.29, 0.717) is 0 Å². The molecule has 13 heteroatoms. The molecular weight excluding hydrogens is 388 g/mol. The van der Waals surface area contributed by atoms with Gasteiger partial charge in [0.25, 0.3) is 0 Å². The van der Waals surface area contributed by atoms with Crippen molar-refractivity contribution in [2.24, 2.45) is 0 Å². The van der Waals surface area contributed by atoms with Gasteiger partial charge in [-0.1, -0.05) is 0 Å². The van der Waals surface area contributed by atoms with Gasteiger partial charge in [-0.2, -0.15) is 0 Å². The van der Waals surface area contributed by atoms with Gasteiger partial charge in [-0.15, -0.1) is 0 Å². The molecule has 0 aliphatic carbocycles. The number of rotatable bonds is 7. The molecular formula is C15H26O13. The Kier molecular flexibility index (Phi) is 7.20. The monoisotopic (exact) mass is 414 g/mol. The van der Waals surface area contributed by atoms with Crippen LogP contribution in [0.4, 0.5) is 0 Å². The molecule has 3 aliphatic rings. The average Bonchev–Trinajstić information content (AvgIpc) is 3.25. The minimum absolute atomic E-state index is 0.581. The fourth-order valence-electron chi connectivity index (χ4n) is 3.43. The lowest BCUT2D eigenvalue weighted by molar-refractivity contribution is -0.263. The molecule has 0 aromatic rings. The molecule has 0 aromatic heterocycles. The minimum atomic E-state index is -1.61. The van der Waals surface area contributed by atoms with Gasteiger partial charge in [-0.3, -0.25) is 0 Å². The Morgan fingerprint density at radius 2 is 1.07 bits per heavy atom. The molecule has 0 radical (unpaired) electrons. The summed E-state index contributed by atoms with van der Waals surface area (Å²) in [7, 11) is 0. The molecule has 0 bridgehead atoms. The van der Waals surface area contributed by atoms with E-state index < -0.39 is 93.6 Å². The highest BCUT2D eigenvalue weighted by Gasteiger charge is 2.53. The van der Waals surface area contributed by atoms with Crippen LogP contribution < -0.4 is 0 Å². The van der Waals surface area contributed by atoms with Gasteiger partial charge in [-0.25, -0.2) is 0 Å². The Bertz CT molecular complexity index is 508. The second kappa shape index (κ2) is 9.09. The average molecular weight is 414 g/mol. The lowest BCUT2D eigenvalue weighted by atomic mass is 10.1. The Hall–Kier alpha value is -0.520. The molecule has 28 heavy (non-hydrogen) atoms. The highest BCUT2D eigenvalue weighted by molar-refractivity contribution is 4.94. The van der Waals surface area contributed by atoms with Crippen LogP contribution in [-0.2, 0) is 23.7 Å². The van der Waals surface area contributed by atoms with E-state index in [2.05, 4.69) is 0 Å². The van der Waals surface area contributed by atoms with E-state index in [0.717, 1.165) is 0 Å². The molecule has 0 spiro atoms. The largest absolute Gasteiger partial charge is 0.394 e. The fourth-order valence-corrected chi connectivity index (χ4v) is 3.43. The van der Waals surface area contributed by atoms with E-state index in [1.54, 1.807) is 0 Å².